The molecule has 0 rings (SSSR count). The van der Waals surface area contributed by atoms with Crippen LogP contribution in [0.1, 0.15) is 41.0 Å². The predicted molar refractivity (Wildman–Crippen MR) is 61.8 cm³/mol. The van der Waals surface area contributed by atoms with Crippen molar-refractivity contribution in [3.8, 4) is 0 Å². The van der Waals surface area contributed by atoms with Gasteiger partial charge in [-0.25, -0.2) is 0 Å². The van der Waals surface area contributed by atoms with Crippen molar-refractivity contribution in [2.24, 2.45) is 5.41 Å². The van der Waals surface area contributed by atoms with Gasteiger partial charge in [0.2, 0.25) is 0 Å². The van der Waals surface area contributed by atoms with Crippen LogP contribution in [-0.4, -0.2) is 0 Å². The Balaban J connectivity index is 4.40. The van der Waals surface area contributed by atoms with Crippen molar-refractivity contribution in [2.45, 2.75) is 41.0 Å². The van der Waals surface area contributed by atoms with Gasteiger partial charge in [0.15, 0.2) is 0 Å². The highest BCUT2D eigenvalue weighted by Crippen LogP contribution is 2.29. The molecule has 0 aliphatic rings. The molecule has 0 aromatic carbocycles. The summed E-state index contributed by atoms with van der Waals surface area (Å²) in [5, 5.41) is 0. The summed E-state index contributed by atoms with van der Waals surface area (Å²) in [6.07, 6.45) is 7.48. The minimum atomic E-state index is 0.227. The molecule has 0 radical (unpaired) electrons. The fourth-order valence-corrected chi connectivity index (χ4v) is 0.781. The third kappa shape index (κ3) is 4.12. The Kier molecular flexibility index (Phi) is 4.76. The first-order valence-corrected chi connectivity index (χ1v) is 4.94. The van der Waals surface area contributed by atoms with Gasteiger partial charge in [-0.05, 0) is 31.3 Å². The van der Waals surface area contributed by atoms with E-state index >= 15 is 0 Å². The summed E-state index contributed by atoms with van der Waals surface area (Å²) in [7, 11) is 0. The number of hydrogen-bond acceptors (Lipinski definition) is 0. The van der Waals surface area contributed by atoms with E-state index in [9.17, 15) is 0 Å². The molecule has 0 saturated heterocycles. The summed E-state index contributed by atoms with van der Waals surface area (Å²) < 4.78 is 0. The lowest BCUT2D eigenvalue weighted by Gasteiger charge is -2.23. The second-order valence-electron chi connectivity index (χ2n) is 4.13. The van der Waals surface area contributed by atoms with Gasteiger partial charge < -0.3 is 0 Å². The summed E-state index contributed by atoms with van der Waals surface area (Å²) in [5.41, 5.74) is 2.72. The number of rotatable bonds is 4. The average molecular weight is 178 g/mol. The van der Waals surface area contributed by atoms with Crippen LogP contribution in [0.2, 0.25) is 0 Å². The first-order chi connectivity index (χ1) is 5.94. The Morgan fingerprint density at radius 1 is 1.31 bits per heavy atom. The molecular weight excluding hydrogens is 156 g/mol. The fourth-order valence-electron chi connectivity index (χ4n) is 0.781. The maximum atomic E-state index is 4.09. The van der Waals surface area contributed by atoms with Crippen LogP contribution in [0, 0.1) is 5.41 Å². The van der Waals surface area contributed by atoms with Crippen molar-refractivity contribution in [2.75, 3.05) is 0 Å². The maximum Gasteiger partial charge on any atom is -0.0112 e. The van der Waals surface area contributed by atoms with Gasteiger partial charge in [0.05, 0.1) is 0 Å². The molecule has 0 aliphatic carbocycles. The second kappa shape index (κ2) is 5.06. The largest absolute Gasteiger partial charge is 0.0953 e. The molecule has 74 valence electrons. The summed E-state index contributed by atoms with van der Waals surface area (Å²) in [6, 6.07) is 0. The van der Waals surface area contributed by atoms with Crippen LogP contribution < -0.4 is 0 Å². The minimum Gasteiger partial charge on any atom is -0.0953 e. The first kappa shape index (κ1) is 12.2. The Hall–Kier alpha value is -0.780. The molecule has 0 atom stereocenters. The standard InChI is InChI=1S/C13H22/c1-7-11(3)9-10-12(4)13(5,6)8-2/h7,9-10H,4,8H2,1-3,5-6H3/b10-9-,11-7-. The average Bonchev–Trinajstić information content (AvgIpc) is 2.13. The molecule has 0 N–H and O–H groups in total. The van der Waals surface area contributed by atoms with Crippen LogP contribution in [-0.2, 0) is 0 Å². The zero-order valence-corrected chi connectivity index (χ0v) is 9.65. The van der Waals surface area contributed by atoms with Crippen molar-refractivity contribution >= 4 is 0 Å². The van der Waals surface area contributed by atoms with Crippen LogP contribution in [0.5, 0.6) is 0 Å². The molecule has 0 aromatic rings. The molecular formula is C13H22. The number of allylic oxidation sites excluding steroid dienone is 5. The van der Waals surface area contributed by atoms with Crippen LogP contribution in [0.15, 0.2) is 36.0 Å². The van der Waals surface area contributed by atoms with Gasteiger partial charge in [0, 0.05) is 0 Å². The molecule has 0 aromatic heterocycles. The third-order valence-corrected chi connectivity index (χ3v) is 2.76. The molecule has 0 nitrogen and oxygen atoms in total. The van der Waals surface area contributed by atoms with Gasteiger partial charge in [0.25, 0.3) is 0 Å². The van der Waals surface area contributed by atoms with Crippen LogP contribution in [0.25, 0.3) is 0 Å². The maximum absolute atomic E-state index is 4.09. The van der Waals surface area contributed by atoms with E-state index < -0.39 is 0 Å². The van der Waals surface area contributed by atoms with Crippen LogP contribution in [0.4, 0.5) is 0 Å². The molecule has 0 bridgehead atoms. The van der Waals surface area contributed by atoms with E-state index in [1.165, 1.54) is 11.1 Å². The smallest absolute Gasteiger partial charge is 0.0112 e. The quantitative estimate of drug-likeness (QED) is 0.556. The molecule has 0 aliphatic heterocycles. The van der Waals surface area contributed by atoms with Gasteiger partial charge in [-0.3, -0.25) is 0 Å². The van der Waals surface area contributed by atoms with E-state index in [1.54, 1.807) is 0 Å². The zero-order chi connectivity index (χ0) is 10.5. The highest BCUT2D eigenvalue weighted by atomic mass is 14.2. The molecule has 0 spiro atoms. The Bertz CT molecular complexity index is 226. The molecule has 0 fully saturated rings. The van der Waals surface area contributed by atoms with Gasteiger partial charge in [-0.15, -0.1) is 0 Å². The van der Waals surface area contributed by atoms with Crippen molar-refractivity contribution in [1.29, 1.82) is 0 Å². The van der Waals surface area contributed by atoms with E-state index in [2.05, 4.69) is 52.5 Å². The van der Waals surface area contributed by atoms with E-state index in [-0.39, 0.29) is 5.41 Å². The Morgan fingerprint density at radius 3 is 2.23 bits per heavy atom. The SMILES string of the molecule is C=C(/C=C\C(C)=C/C)C(C)(C)CC. The molecule has 13 heavy (non-hydrogen) atoms. The minimum absolute atomic E-state index is 0.227. The highest BCUT2D eigenvalue weighted by Gasteiger charge is 2.16. The molecule has 0 heterocycles. The monoisotopic (exact) mass is 178 g/mol. The van der Waals surface area contributed by atoms with E-state index in [4.69, 9.17) is 0 Å². The summed E-state index contributed by atoms with van der Waals surface area (Å²) in [4.78, 5) is 0. The molecule has 0 heteroatoms. The first-order valence-electron chi connectivity index (χ1n) is 4.94. The van der Waals surface area contributed by atoms with Crippen LogP contribution in [0.3, 0.4) is 0 Å². The van der Waals surface area contributed by atoms with Crippen molar-refractivity contribution in [1.82, 2.24) is 0 Å². The lowest BCUT2D eigenvalue weighted by molar-refractivity contribution is 0.441. The van der Waals surface area contributed by atoms with E-state index in [0.717, 1.165) is 6.42 Å². The molecule has 0 saturated carbocycles. The zero-order valence-electron chi connectivity index (χ0n) is 9.65. The predicted octanol–water partition coefficient (Wildman–Crippen LogP) is 4.50. The summed E-state index contributed by atoms with van der Waals surface area (Å²) in [5.74, 6) is 0. The fraction of sp³-hybridized carbons (Fsp3) is 0.538. The Morgan fingerprint density at radius 2 is 1.85 bits per heavy atom. The van der Waals surface area contributed by atoms with Crippen molar-refractivity contribution < 1.29 is 0 Å². The van der Waals surface area contributed by atoms with Gasteiger partial charge in [-0.2, -0.15) is 0 Å². The van der Waals surface area contributed by atoms with E-state index in [1.807, 2.05) is 6.92 Å². The summed E-state index contributed by atoms with van der Waals surface area (Å²) >= 11 is 0. The molecule has 0 unspecified atom stereocenters. The second-order valence-corrected chi connectivity index (χ2v) is 4.13. The third-order valence-electron chi connectivity index (χ3n) is 2.76. The number of hydrogen-bond donors (Lipinski definition) is 0. The van der Waals surface area contributed by atoms with Gasteiger partial charge >= 0.3 is 0 Å². The summed E-state index contributed by atoms with van der Waals surface area (Å²) in [6.45, 7) is 14.9. The lowest BCUT2D eigenvalue weighted by Crippen LogP contribution is -2.10. The topological polar surface area (TPSA) is 0 Å². The normalized spacial score (nSPS) is 13.8. The van der Waals surface area contributed by atoms with Gasteiger partial charge in [-0.1, -0.05) is 51.2 Å². The Labute approximate surface area is 83.0 Å². The van der Waals surface area contributed by atoms with Crippen molar-refractivity contribution in [3.05, 3.63) is 36.0 Å². The lowest BCUT2D eigenvalue weighted by atomic mass is 9.82. The van der Waals surface area contributed by atoms with Crippen molar-refractivity contribution in [3.63, 3.8) is 0 Å². The van der Waals surface area contributed by atoms with Crippen LogP contribution >= 0.6 is 0 Å². The highest BCUT2D eigenvalue weighted by molar-refractivity contribution is 5.28. The van der Waals surface area contributed by atoms with E-state index in [0.29, 0.717) is 0 Å². The molecule has 0 amide bonds. The van der Waals surface area contributed by atoms with Gasteiger partial charge in [0.1, 0.15) is 0 Å².